The molecule has 0 radical (unpaired) electrons. The summed E-state index contributed by atoms with van der Waals surface area (Å²) in [6.45, 7) is 2.91. The van der Waals surface area contributed by atoms with Crippen LogP contribution in [0, 0.1) is 0 Å². The number of nitrogens with zero attached hydrogens (tertiary/aromatic N) is 2. The third-order valence-corrected chi connectivity index (χ3v) is 1.74. The highest BCUT2D eigenvalue weighted by Crippen LogP contribution is 2.10. The Kier molecular flexibility index (Phi) is 1.94. The molecule has 1 heterocycles. The molecule has 0 spiro atoms. The Hall–Kier alpha value is -0.990. The lowest BCUT2D eigenvalue weighted by molar-refractivity contribution is -0.114. The summed E-state index contributed by atoms with van der Waals surface area (Å²) in [6.07, 6.45) is 4.70. The van der Waals surface area contributed by atoms with Gasteiger partial charge in [-0.1, -0.05) is 0 Å². The molecule has 0 bridgehead atoms. The van der Waals surface area contributed by atoms with Gasteiger partial charge in [0.2, 0.25) is 0 Å². The van der Waals surface area contributed by atoms with Crippen LogP contribution in [-0.4, -0.2) is 35.8 Å². The van der Waals surface area contributed by atoms with E-state index in [4.69, 9.17) is 0 Å². The van der Waals surface area contributed by atoms with E-state index in [1.807, 2.05) is 36.2 Å². The van der Waals surface area contributed by atoms with E-state index in [1.165, 1.54) is 0 Å². The zero-order chi connectivity index (χ0) is 7.56. The third-order valence-electron chi connectivity index (χ3n) is 1.74. The van der Waals surface area contributed by atoms with E-state index >= 15 is 0 Å². The molecule has 0 saturated carbocycles. The second-order valence-electron chi connectivity index (χ2n) is 2.34. The summed E-state index contributed by atoms with van der Waals surface area (Å²) in [5, 5.41) is 0. The smallest absolute Gasteiger partial charge is 0.162 e. The van der Waals surface area contributed by atoms with Gasteiger partial charge in [-0.2, -0.15) is 0 Å². The van der Waals surface area contributed by atoms with Crippen molar-refractivity contribution < 1.29 is 4.79 Å². The predicted octanol–water partition coefficient (Wildman–Crippen LogP) is 0.250. The normalized spacial score (nSPS) is 24.0. The van der Waals surface area contributed by atoms with Crippen LogP contribution < -0.4 is 0 Å². The molecule has 1 atom stereocenters. The topological polar surface area (TPSA) is 23.6 Å². The zero-order valence-corrected chi connectivity index (χ0v) is 6.32. The van der Waals surface area contributed by atoms with Gasteiger partial charge >= 0.3 is 0 Å². The van der Waals surface area contributed by atoms with Gasteiger partial charge in [-0.3, -0.25) is 4.79 Å². The van der Waals surface area contributed by atoms with Crippen molar-refractivity contribution in [3.8, 4) is 0 Å². The molecule has 0 aromatic rings. The molecule has 0 N–H and O–H groups in total. The van der Waals surface area contributed by atoms with E-state index in [0.29, 0.717) is 0 Å². The molecule has 1 aliphatic rings. The maximum absolute atomic E-state index is 10.5. The third kappa shape index (κ3) is 0.988. The van der Waals surface area contributed by atoms with Gasteiger partial charge in [-0.15, -0.1) is 0 Å². The first-order valence-electron chi connectivity index (χ1n) is 3.41. The summed E-state index contributed by atoms with van der Waals surface area (Å²) in [7, 11) is 1.89. The summed E-state index contributed by atoms with van der Waals surface area (Å²) >= 11 is 0. The van der Waals surface area contributed by atoms with E-state index in [2.05, 4.69) is 0 Å². The van der Waals surface area contributed by atoms with Gasteiger partial charge in [0.05, 0.1) is 0 Å². The minimum absolute atomic E-state index is 0.0787. The van der Waals surface area contributed by atoms with Crippen molar-refractivity contribution >= 4 is 6.29 Å². The Labute approximate surface area is 60.9 Å². The number of hydrogen-bond acceptors (Lipinski definition) is 3. The monoisotopic (exact) mass is 140 g/mol. The summed E-state index contributed by atoms with van der Waals surface area (Å²) in [4.78, 5) is 14.3. The molecule has 1 aliphatic heterocycles. The molecule has 56 valence electrons. The summed E-state index contributed by atoms with van der Waals surface area (Å²) in [5.74, 6) is 0. The molecule has 0 saturated heterocycles. The summed E-state index contributed by atoms with van der Waals surface area (Å²) < 4.78 is 0. The van der Waals surface area contributed by atoms with Crippen LogP contribution in [0.2, 0.25) is 0 Å². The molecule has 0 aromatic carbocycles. The van der Waals surface area contributed by atoms with Gasteiger partial charge in [0.1, 0.15) is 0 Å². The van der Waals surface area contributed by atoms with E-state index in [9.17, 15) is 4.79 Å². The van der Waals surface area contributed by atoms with Crippen molar-refractivity contribution in [2.24, 2.45) is 0 Å². The lowest BCUT2D eigenvalue weighted by Gasteiger charge is -2.23. The Bertz CT molecular complexity index is 156. The SMILES string of the molecule is CCN1C=CN(C)C1C=O. The second-order valence-corrected chi connectivity index (χ2v) is 2.34. The molecular weight excluding hydrogens is 128 g/mol. The van der Waals surface area contributed by atoms with Gasteiger partial charge < -0.3 is 9.80 Å². The average Bonchev–Trinajstić information content (AvgIpc) is 2.30. The highest BCUT2D eigenvalue weighted by atomic mass is 16.1. The van der Waals surface area contributed by atoms with Crippen LogP contribution in [0.5, 0.6) is 0 Å². The Morgan fingerprint density at radius 1 is 1.60 bits per heavy atom. The number of carbonyl (C=O) groups is 1. The average molecular weight is 140 g/mol. The summed E-state index contributed by atoms with van der Waals surface area (Å²) in [5.41, 5.74) is 0. The fourth-order valence-electron chi connectivity index (χ4n) is 1.07. The Morgan fingerprint density at radius 3 is 2.70 bits per heavy atom. The van der Waals surface area contributed by atoms with Crippen LogP contribution in [0.25, 0.3) is 0 Å². The number of carbonyl (C=O) groups excluding carboxylic acids is 1. The van der Waals surface area contributed by atoms with E-state index in [0.717, 1.165) is 12.8 Å². The lowest BCUT2D eigenvalue weighted by Crippen LogP contribution is -2.37. The van der Waals surface area contributed by atoms with Gasteiger partial charge in [0.25, 0.3) is 0 Å². The Balaban J connectivity index is 2.61. The molecular formula is C7H12N2O. The molecule has 3 nitrogen and oxygen atoms in total. The van der Waals surface area contributed by atoms with Gasteiger partial charge in [-0.25, -0.2) is 0 Å². The van der Waals surface area contributed by atoms with E-state index in [-0.39, 0.29) is 6.17 Å². The predicted molar refractivity (Wildman–Crippen MR) is 39.1 cm³/mol. The highest BCUT2D eigenvalue weighted by Gasteiger charge is 2.20. The molecule has 10 heavy (non-hydrogen) atoms. The maximum Gasteiger partial charge on any atom is 0.162 e. The zero-order valence-electron chi connectivity index (χ0n) is 6.32. The molecule has 0 aliphatic carbocycles. The molecule has 0 aromatic heterocycles. The largest absolute Gasteiger partial charge is 0.353 e. The fraction of sp³-hybridized carbons (Fsp3) is 0.571. The van der Waals surface area contributed by atoms with Crippen LogP contribution in [0.15, 0.2) is 12.4 Å². The van der Waals surface area contributed by atoms with Crippen molar-refractivity contribution in [2.75, 3.05) is 13.6 Å². The van der Waals surface area contributed by atoms with Crippen molar-refractivity contribution in [1.29, 1.82) is 0 Å². The Morgan fingerprint density at radius 2 is 2.30 bits per heavy atom. The van der Waals surface area contributed by atoms with Crippen LogP contribution in [0.4, 0.5) is 0 Å². The minimum atomic E-state index is -0.0787. The van der Waals surface area contributed by atoms with Crippen LogP contribution in [0.1, 0.15) is 6.92 Å². The summed E-state index contributed by atoms with van der Waals surface area (Å²) in [6, 6.07) is 0. The standard InChI is InChI=1S/C7H12N2O/c1-3-9-5-4-8(2)7(9)6-10/h4-7H,3H2,1-2H3. The number of likely N-dealkylation sites (N-methyl/N-ethyl adjacent to an activating group) is 2. The van der Waals surface area contributed by atoms with Crippen molar-refractivity contribution in [3.05, 3.63) is 12.4 Å². The first-order chi connectivity index (χ1) is 4.79. The first-order valence-corrected chi connectivity index (χ1v) is 3.41. The van der Waals surface area contributed by atoms with Gasteiger partial charge in [0.15, 0.2) is 12.5 Å². The number of rotatable bonds is 2. The van der Waals surface area contributed by atoms with Crippen LogP contribution >= 0.6 is 0 Å². The second kappa shape index (κ2) is 2.73. The van der Waals surface area contributed by atoms with Crippen molar-refractivity contribution in [3.63, 3.8) is 0 Å². The van der Waals surface area contributed by atoms with Gasteiger partial charge in [0, 0.05) is 26.0 Å². The van der Waals surface area contributed by atoms with Crippen LogP contribution in [-0.2, 0) is 4.79 Å². The fourth-order valence-corrected chi connectivity index (χ4v) is 1.07. The van der Waals surface area contributed by atoms with Crippen molar-refractivity contribution in [1.82, 2.24) is 9.80 Å². The highest BCUT2D eigenvalue weighted by molar-refractivity contribution is 5.58. The molecule has 0 fully saturated rings. The van der Waals surface area contributed by atoms with Crippen LogP contribution in [0.3, 0.4) is 0 Å². The van der Waals surface area contributed by atoms with E-state index < -0.39 is 0 Å². The first kappa shape index (κ1) is 7.12. The maximum atomic E-state index is 10.5. The molecule has 1 unspecified atom stereocenters. The number of aldehydes is 1. The quantitative estimate of drug-likeness (QED) is 0.514. The minimum Gasteiger partial charge on any atom is -0.353 e. The molecule has 1 rings (SSSR count). The lowest BCUT2D eigenvalue weighted by atomic mass is 10.4. The van der Waals surface area contributed by atoms with E-state index in [1.54, 1.807) is 0 Å². The number of hydrogen-bond donors (Lipinski definition) is 0. The van der Waals surface area contributed by atoms with Gasteiger partial charge in [-0.05, 0) is 6.92 Å². The molecule has 0 amide bonds. The van der Waals surface area contributed by atoms with Crippen molar-refractivity contribution in [2.45, 2.75) is 13.1 Å². The molecule has 3 heteroatoms.